The van der Waals surface area contributed by atoms with E-state index < -0.39 is 5.91 Å². The second-order valence-electron chi connectivity index (χ2n) is 3.42. The number of carbonyl (C=O) groups is 3. The number of allylic oxidation sites excluding steroid dienone is 2. The van der Waals surface area contributed by atoms with E-state index in [1.807, 2.05) is 0 Å². The first-order valence-corrected chi connectivity index (χ1v) is 4.57. The molecule has 0 aliphatic heterocycles. The molecule has 0 atom stereocenters. The maximum Gasteiger partial charge on any atom is 0.217 e. The normalized spacial score (nSPS) is 17.5. The van der Waals surface area contributed by atoms with E-state index >= 15 is 0 Å². The Balaban J connectivity index is 2.80. The van der Waals surface area contributed by atoms with Gasteiger partial charge in [-0.1, -0.05) is 0 Å². The SMILES string of the molecule is CC1=C(CCC(N)=O)C(=O)CCC1=O. The number of Topliss-reactive ketones (excluding diaryl/α,β-unsaturated/α-hetero) is 2. The summed E-state index contributed by atoms with van der Waals surface area (Å²) in [6, 6.07) is 0. The molecule has 0 radical (unpaired) electrons. The molecule has 2 N–H and O–H groups in total. The topological polar surface area (TPSA) is 77.2 Å². The summed E-state index contributed by atoms with van der Waals surface area (Å²) in [5.41, 5.74) is 5.97. The molecule has 0 saturated heterocycles. The van der Waals surface area contributed by atoms with E-state index in [4.69, 9.17) is 5.73 Å². The standard InChI is InChI=1S/C10H13NO3/c1-6-7(2-5-10(11)14)9(13)4-3-8(6)12/h2-5H2,1H3,(H2,11,14). The molecular formula is C10H13NO3. The zero-order valence-electron chi connectivity index (χ0n) is 8.13. The monoisotopic (exact) mass is 195 g/mol. The highest BCUT2D eigenvalue weighted by Gasteiger charge is 2.23. The Morgan fingerprint density at radius 2 is 1.86 bits per heavy atom. The van der Waals surface area contributed by atoms with Crippen LogP contribution in [-0.2, 0) is 14.4 Å². The van der Waals surface area contributed by atoms with Crippen LogP contribution < -0.4 is 5.73 Å². The number of rotatable bonds is 3. The third-order valence-corrected chi connectivity index (χ3v) is 2.41. The number of primary amides is 1. The minimum atomic E-state index is -0.448. The first-order chi connectivity index (χ1) is 6.52. The van der Waals surface area contributed by atoms with E-state index in [1.165, 1.54) is 0 Å². The Morgan fingerprint density at radius 1 is 1.29 bits per heavy atom. The van der Waals surface area contributed by atoms with Crippen LogP contribution in [0.5, 0.6) is 0 Å². The van der Waals surface area contributed by atoms with Gasteiger partial charge in [0.1, 0.15) is 0 Å². The van der Waals surface area contributed by atoms with Crippen LogP contribution in [0.25, 0.3) is 0 Å². The van der Waals surface area contributed by atoms with Gasteiger partial charge in [-0.25, -0.2) is 0 Å². The van der Waals surface area contributed by atoms with E-state index in [2.05, 4.69) is 0 Å². The molecule has 1 aliphatic rings. The first kappa shape index (κ1) is 10.6. The second-order valence-corrected chi connectivity index (χ2v) is 3.42. The quantitative estimate of drug-likeness (QED) is 0.712. The largest absolute Gasteiger partial charge is 0.370 e. The number of nitrogens with two attached hydrogens (primary N) is 1. The Kier molecular flexibility index (Phi) is 3.17. The number of hydrogen-bond donors (Lipinski definition) is 1. The highest BCUT2D eigenvalue weighted by atomic mass is 16.1. The summed E-state index contributed by atoms with van der Waals surface area (Å²) in [6.07, 6.45) is 0.993. The van der Waals surface area contributed by atoms with E-state index in [9.17, 15) is 14.4 Å². The molecule has 0 heterocycles. The smallest absolute Gasteiger partial charge is 0.217 e. The maximum atomic E-state index is 11.4. The zero-order chi connectivity index (χ0) is 10.7. The van der Waals surface area contributed by atoms with Crippen LogP contribution in [0.4, 0.5) is 0 Å². The van der Waals surface area contributed by atoms with Crippen LogP contribution in [0.15, 0.2) is 11.1 Å². The molecule has 1 rings (SSSR count). The lowest BCUT2D eigenvalue weighted by molar-refractivity contribution is -0.122. The van der Waals surface area contributed by atoms with E-state index in [1.54, 1.807) is 6.92 Å². The van der Waals surface area contributed by atoms with Crippen molar-refractivity contribution in [3.63, 3.8) is 0 Å². The highest BCUT2D eigenvalue weighted by Crippen LogP contribution is 2.22. The number of ketones is 2. The van der Waals surface area contributed by atoms with E-state index in [0.717, 1.165) is 0 Å². The fourth-order valence-electron chi connectivity index (χ4n) is 1.52. The molecular weight excluding hydrogens is 182 g/mol. The van der Waals surface area contributed by atoms with Gasteiger partial charge in [0.2, 0.25) is 5.91 Å². The van der Waals surface area contributed by atoms with Crippen LogP contribution in [-0.4, -0.2) is 17.5 Å². The van der Waals surface area contributed by atoms with Gasteiger partial charge < -0.3 is 5.73 Å². The minimum Gasteiger partial charge on any atom is -0.370 e. The van der Waals surface area contributed by atoms with Crippen LogP contribution in [0.2, 0.25) is 0 Å². The minimum absolute atomic E-state index is 0.00377. The Hall–Kier alpha value is -1.45. The predicted octanol–water partition coefficient (Wildman–Crippen LogP) is 0.500. The number of amides is 1. The molecule has 0 aromatic carbocycles. The van der Waals surface area contributed by atoms with Gasteiger partial charge in [0, 0.05) is 24.8 Å². The van der Waals surface area contributed by atoms with Crippen molar-refractivity contribution >= 4 is 17.5 Å². The van der Waals surface area contributed by atoms with Gasteiger partial charge in [0.25, 0.3) is 0 Å². The van der Waals surface area contributed by atoms with Crippen molar-refractivity contribution in [1.82, 2.24) is 0 Å². The molecule has 0 fully saturated rings. The molecule has 0 aromatic rings. The molecule has 76 valence electrons. The Bertz CT molecular complexity index is 328. The van der Waals surface area contributed by atoms with Crippen molar-refractivity contribution in [3.05, 3.63) is 11.1 Å². The average molecular weight is 195 g/mol. The molecule has 0 bridgehead atoms. The molecule has 1 aliphatic carbocycles. The number of hydrogen-bond acceptors (Lipinski definition) is 3. The van der Waals surface area contributed by atoms with Gasteiger partial charge in [0.15, 0.2) is 11.6 Å². The Morgan fingerprint density at radius 3 is 2.43 bits per heavy atom. The Labute approximate surface area is 82.2 Å². The van der Waals surface area contributed by atoms with Gasteiger partial charge in [-0.15, -0.1) is 0 Å². The lowest BCUT2D eigenvalue weighted by Gasteiger charge is -2.14. The summed E-state index contributed by atoms with van der Waals surface area (Å²) in [5, 5.41) is 0. The summed E-state index contributed by atoms with van der Waals surface area (Å²) < 4.78 is 0. The summed E-state index contributed by atoms with van der Waals surface area (Å²) in [5.74, 6) is -0.469. The second kappa shape index (κ2) is 4.17. The first-order valence-electron chi connectivity index (χ1n) is 4.57. The molecule has 0 aromatic heterocycles. The van der Waals surface area contributed by atoms with Gasteiger partial charge in [-0.2, -0.15) is 0 Å². The highest BCUT2D eigenvalue weighted by molar-refractivity contribution is 6.11. The number of carbonyl (C=O) groups excluding carboxylic acids is 3. The molecule has 4 heteroatoms. The fraction of sp³-hybridized carbons (Fsp3) is 0.500. The van der Waals surface area contributed by atoms with E-state index in [-0.39, 0.29) is 24.4 Å². The van der Waals surface area contributed by atoms with Crippen molar-refractivity contribution in [2.45, 2.75) is 32.6 Å². The van der Waals surface area contributed by atoms with E-state index in [0.29, 0.717) is 24.0 Å². The lowest BCUT2D eigenvalue weighted by Crippen LogP contribution is -2.20. The van der Waals surface area contributed by atoms with Gasteiger partial charge in [0.05, 0.1) is 0 Å². The van der Waals surface area contributed by atoms with Gasteiger partial charge in [-0.3, -0.25) is 14.4 Å². The molecule has 1 amide bonds. The molecule has 0 spiro atoms. The van der Waals surface area contributed by atoms with Gasteiger partial charge in [-0.05, 0) is 18.9 Å². The maximum absolute atomic E-state index is 11.4. The molecule has 0 saturated carbocycles. The van der Waals surface area contributed by atoms with Crippen LogP contribution >= 0.6 is 0 Å². The van der Waals surface area contributed by atoms with Crippen molar-refractivity contribution in [2.75, 3.05) is 0 Å². The summed E-state index contributed by atoms with van der Waals surface area (Å²) >= 11 is 0. The third kappa shape index (κ3) is 2.28. The summed E-state index contributed by atoms with van der Waals surface area (Å²) in [4.78, 5) is 33.2. The lowest BCUT2D eigenvalue weighted by atomic mass is 9.88. The molecule has 4 nitrogen and oxygen atoms in total. The van der Waals surface area contributed by atoms with Crippen LogP contribution in [0.3, 0.4) is 0 Å². The van der Waals surface area contributed by atoms with Crippen LogP contribution in [0, 0.1) is 0 Å². The molecule has 0 unspecified atom stereocenters. The zero-order valence-corrected chi connectivity index (χ0v) is 8.13. The fourth-order valence-corrected chi connectivity index (χ4v) is 1.52. The predicted molar refractivity (Wildman–Crippen MR) is 50.4 cm³/mol. The summed E-state index contributed by atoms with van der Waals surface area (Å²) in [7, 11) is 0. The van der Waals surface area contributed by atoms with Crippen molar-refractivity contribution in [1.29, 1.82) is 0 Å². The third-order valence-electron chi connectivity index (χ3n) is 2.41. The summed E-state index contributed by atoms with van der Waals surface area (Å²) in [6.45, 7) is 1.63. The average Bonchev–Trinajstić information content (AvgIpc) is 2.11. The van der Waals surface area contributed by atoms with Gasteiger partial charge >= 0.3 is 0 Å². The van der Waals surface area contributed by atoms with Crippen molar-refractivity contribution < 1.29 is 14.4 Å². The van der Waals surface area contributed by atoms with Crippen molar-refractivity contribution in [2.24, 2.45) is 5.73 Å². The van der Waals surface area contributed by atoms with Crippen LogP contribution in [0.1, 0.15) is 32.6 Å². The van der Waals surface area contributed by atoms with Crippen molar-refractivity contribution in [3.8, 4) is 0 Å². The molecule has 14 heavy (non-hydrogen) atoms.